The van der Waals surface area contributed by atoms with E-state index in [-0.39, 0.29) is 11.4 Å². The van der Waals surface area contributed by atoms with E-state index in [2.05, 4.69) is 15.2 Å². The minimum absolute atomic E-state index is 0.0849. The van der Waals surface area contributed by atoms with Gasteiger partial charge in [-0.1, -0.05) is 6.07 Å². The highest BCUT2D eigenvalue weighted by Crippen LogP contribution is 2.30. The highest BCUT2D eigenvalue weighted by atomic mass is 19.4. The van der Waals surface area contributed by atoms with Gasteiger partial charge in [-0.05, 0) is 49.6 Å². The van der Waals surface area contributed by atoms with E-state index in [4.69, 9.17) is 0 Å². The van der Waals surface area contributed by atoms with Crippen molar-refractivity contribution in [1.82, 2.24) is 4.98 Å². The number of nitrogens with one attached hydrogen (secondary N) is 1. The Morgan fingerprint density at radius 3 is 2.48 bits per heavy atom. The molecule has 0 aliphatic carbocycles. The summed E-state index contributed by atoms with van der Waals surface area (Å²) in [7, 11) is 0. The van der Waals surface area contributed by atoms with Crippen LogP contribution < -0.4 is 10.2 Å². The Morgan fingerprint density at radius 1 is 1.08 bits per heavy atom. The second kappa shape index (κ2) is 7.13. The number of alkyl halides is 3. The predicted octanol–water partition coefficient (Wildman–Crippen LogP) is 4.34. The molecule has 0 saturated carbocycles. The molecule has 0 bridgehead atoms. The summed E-state index contributed by atoms with van der Waals surface area (Å²) in [5, 5.41) is 2.45. The lowest BCUT2D eigenvalue weighted by molar-refractivity contribution is -0.137. The summed E-state index contributed by atoms with van der Waals surface area (Å²) in [5.41, 5.74) is 0.397. The van der Waals surface area contributed by atoms with E-state index in [0.29, 0.717) is 0 Å². The third-order valence-corrected chi connectivity index (χ3v) is 4.15. The first-order valence-electron chi connectivity index (χ1n) is 8.13. The molecule has 1 N–H and O–H groups in total. The summed E-state index contributed by atoms with van der Waals surface area (Å²) in [6.45, 7) is 1.94. The fourth-order valence-electron chi connectivity index (χ4n) is 2.83. The first-order chi connectivity index (χ1) is 11.9. The van der Waals surface area contributed by atoms with Crippen LogP contribution in [-0.4, -0.2) is 24.0 Å². The van der Waals surface area contributed by atoms with Gasteiger partial charge in [0.15, 0.2) is 0 Å². The number of aromatic nitrogens is 1. The predicted molar refractivity (Wildman–Crippen MR) is 89.7 cm³/mol. The molecule has 2 aromatic rings. The molecule has 25 heavy (non-hydrogen) atoms. The number of amides is 1. The molecular formula is C18H18F3N3O. The molecule has 0 atom stereocenters. The van der Waals surface area contributed by atoms with Gasteiger partial charge in [-0.3, -0.25) is 4.79 Å². The van der Waals surface area contributed by atoms with Crippen LogP contribution in [0.3, 0.4) is 0 Å². The van der Waals surface area contributed by atoms with Crippen LogP contribution in [0, 0.1) is 0 Å². The molecule has 0 radical (unpaired) electrons. The van der Waals surface area contributed by atoms with Crippen molar-refractivity contribution < 1.29 is 18.0 Å². The summed E-state index contributed by atoms with van der Waals surface area (Å²) in [6.07, 6.45) is 0.679. The molecule has 1 saturated heterocycles. The standard InChI is InChI=1S/C18H18F3N3O/c19-18(20,21)13-5-4-6-14(11-13)23-17(25)16-8-7-15(12-22-16)24-9-2-1-3-10-24/h4-8,11-12H,1-3,9-10H2,(H,23,25). The number of nitrogens with zero attached hydrogens (tertiary/aromatic N) is 2. The number of carbonyl (C=O) groups is 1. The monoisotopic (exact) mass is 349 g/mol. The molecule has 1 amide bonds. The summed E-state index contributed by atoms with van der Waals surface area (Å²) >= 11 is 0. The van der Waals surface area contributed by atoms with Crippen LogP contribution in [-0.2, 0) is 6.18 Å². The zero-order chi connectivity index (χ0) is 17.9. The van der Waals surface area contributed by atoms with Gasteiger partial charge in [-0.15, -0.1) is 0 Å². The molecule has 0 spiro atoms. The maximum Gasteiger partial charge on any atom is 0.416 e. The van der Waals surface area contributed by atoms with Crippen molar-refractivity contribution in [3.05, 3.63) is 53.9 Å². The van der Waals surface area contributed by atoms with E-state index >= 15 is 0 Å². The van der Waals surface area contributed by atoms with Crippen molar-refractivity contribution in [1.29, 1.82) is 0 Å². The van der Waals surface area contributed by atoms with Crippen molar-refractivity contribution in [2.24, 2.45) is 0 Å². The van der Waals surface area contributed by atoms with E-state index in [9.17, 15) is 18.0 Å². The fraction of sp³-hybridized carbons (Fsp3) is 0.333. The molecule has 132 valence electrons. The highest BCUT2D eigenvalue weighted by molar-refractivity contribution is 6.03. The Hall–Kier alpha value is -2.57. The van der Waals surface area contributed by atoms with Gasteiger partial charge in [0, 0.05) is 18.8 Å². The zero-order valence-electron chi connectivity index (χ0n) is 13.5. The first-order valence-corrected chi connectivity index (χ1v) is 8.13. The minimum atomic E-state index is -4.45. The van der Waals surface area contributed by atoms with Crippen LogP contribution >= 0.6 is 0 Å². The van der Waals surface area contributed by atoms with Gasteiger partial charge >= 0.3 is 6.18 Å². The molecule has 1 aliphatic rings. The Bertz CT molecular complexity index is 738. The smallest absolute Gasteiger partial charge is 0.370 e. The van der Waals surface area contributed by atoms with Crippen molar-refractivity contribution in [2.75, 3.05) is 23.3 Å². The number of anilines is 2. The molecule has 4 nitrogen and oxygen atoms in total. The van der Waals surface area contributed by atoms with Crippen LogP contribution in [0.5, 0.6) is 0 Å². The minimum Gasteiger partial charge on any atom is -0.370 e. The molecule has 1 aromatic carbocycles. The van der Waals surface area contributed by atoms with Crippen LogP contribution in [0.1, 0.15) is 35.3 Å². The van der Waals surface area contributed by atoms with Gasteiger partial charge < -0.3 is 10.2 Å². The largest absolute Gasteiger partial charge is 0.416 e. The van der Waals surface area contributed by atoms with Crippen molar-refractivity contribution in [3.8, 4) is 0 Å². The van der Waals surface area contributed by atoms with E-state index in [1.165, 1.54) is 18.6 Å². The maximum atomic E-state index is 12.7. The van der Waals surface area contributed by atoms with E-state index in [1.807, 2.05) is 6.07 Å². The number of rotatable bonds is 3. The molecule has 1 fully saturated rings. The lowest BCUT2D eigenvalue weighted by Crippen LogP contribution is -2.29. The summed E-state index contributed by atoms with van der Waals surface area (Å²) in [6, 6.07) is 7.94. The summed E-state index contributed by atoms with van der Waals surface area (Å²) in [5.74, 6) is -0.537. The summed E-state index contributed by atoms with van der Waals surface area (Å²) < 4.78 is 38.2. The van der Waals surface area contributed by atoms with E-state index < -0.39 is 17.6 Å². The number of carbonyl (C=O) groups excluding carboxylic acids is 1. The SMILES string of the molecule is O=C(Nc1cccc(C(F)(F)F)c1)c1ccc(N2CCCCC2)cn1. The second-order valence-corrected chi connectivity index (χ2v) is 5.98. The summed E-state index contributed by atoms with van der Waals surface area (Å²) in [4.78, 5) is 18.6. The number of hydrogen-bond acceptors (Lipinski definition) is 3. The topological polar surface area (TPSA) is 45.2 Å². The van der Waals surface area contributed by atoms with Gasteiger partial charge in [-0.2, -0.15) is 13.2 Å². The first kappa shape index (κ1) is 17.3. The fourth-order valence-corrected chi connectivity index (χ4v) is 2.83. The van der Waals surface area contributed by atoms with Crippen molar-refractivity contribution >= 4 is 17.3 Å². The van der Waals surface area contributed by atoms with Gasteiger partial charge in [0.1, 0.15) is 5.69 Å². The molecule has 7 heteroatoms. The van der Waals surface area contributed by atoms with Crippen LogP contribution in [0.2, 0.25) is 0 Å². The lowest BCUT2D eigenvalue weighted by atomic mass is 10.1. The highest BCUT2D eigenvalue weighted by Gasteiger charge is 2.30. The molecule has 2 heterocycles. The number of piperidine rings is 1. The lowest BCUT2D eigenvalue weighted by Gasteiger charge is -2.28. The third kappa shape index (κ3) is 4.29. The molecular weight excluding hydrogens is 331 g/mol. The quantitative estimate of drug-likeness (QED) is 0.896. The maximum absolute atomic E-state index is 12.7. The van der Waals surface area contributed by atoms with E-state index in [0.717, 1.165) is 43.8 Å². The Kier molecular flexibility index (Phi) is 4.92. The average molecular weight is 349 g/mol. The Morgan fingerprint density at radius 2 is 1.84 bits per heavy atom. The van der Waals surface area contributed by atoms with Crippen molar-refractivity contribution in [2.45, 2.75) is 25.4 Å². The van der Waals surface area contributed by atoms with Gasteiger partial charge in [0.2, 0.25) is 0 Å². The van der Waals surface area contributed by atoms with Crippen molar-refractivity contribution in [3.63, 3.8) is 0 Å². The molecule has 3 rings (SSSR count). The van der Waals surface area contributed by atoms with E-state index in [1.54, 1.807) is 12.3 Å². The van der Waals surface area contributed by atoms with Crippen LogP contribution in [0.15, 0.2) is 42.6 Å². The number of halogens is 3. The number of pyridine rings is 1. The molecule has 1 aliphatic heterocycles. The normalized spacial score (nSPS) is 15.1. The van der Waals surface area contributed by atoms with Gasteiger partial charge in [-0.25, -0.2) is 4.98 Å². The second-order valence-electron chi connectivity index (χ2n) is 5.98. The number of hydrogen-bond donors (Lipinski definition) is 1. The molecule has 0 unspecified atom stereocenters. The van der Waals surface area contributed by atoms with Gasteiger partial charge in [0.05, 0.1) is 17.4 Å². The zero-order valence-corrected chi connectivity index (χ0v) is 13.5. The Balaban J connectivity index is 1.69. The Labute approximate surface area is 143 Å². The molecule has 1 aromatic heterocycles. The average Bonchev–Trinajstić information content (AvgIpc) is 2.62. The van der Waals surface area contributed by atoms with Crippen LogP contribution in [0.25, 0.3) is 0 Å². The number of benzene rings is 1. The van der Waals surface area contributed by atoms with Crippen LogP contribution in [0.4, 0.5) is 24.5 Å². The van der Waals surface area contributed by atoms with Gasteiger partial charge in [0.25, 0.3) is 5.91 Å². The third-order valence-electron chi connectivity index (χ3n) is 4.15.